The molecule has 13 heavy (non-hydrogen) atoms. The molecule has 0 aromatic heterocycles. The zero-order chi connectivity index (χ0) is 9.52. The van der Waals surface area contributed by atoms with Gasteiger partial charge in [0.1, 0.15) is 0 Å². The van der Waals surface area contributed by atoms with Crippen LogP contribution in [0.3, 0.4) is 0 Å². The first kappa shape index (κ1) is 11.3. The quantitative estimate of drug-likeness (QED) is 0.425. The van der Waals surface area contributed by atoms with Gasteiger partial charge < -0.3 is 5.32 Å². The summed E-state index contributed by atoms with van der Waals surface area (Å²) < 4.78 is 11.9. The molecule has 1 N–H and O–H groups in total. The lowest BCUT2D eigenvalue weighted by molar-refractivity contribution is 0.418. The van der Waals surface area contributed by atoms with Crippen LogP contribution in [0.1, 0.15) is 38.5 Å². The number of rotatable bonds is 4. The van der Waals surface area contributed by atoms with Crippen LogP contribution < -0.4 is 5.32 Å². The lowest BCUT2D eigenvalue weighted by atomic mass is 10.1. The smallest absolute Gasteiger partial charge is 0.0906 e. The molecule has 1 rings (SSSR count). The Morgan fingerprint density at radius 2 is 2.00 bits per heavy atom. The summed E-state index contributed by atoms with van der Waals surface area (Å²) in [6.45, 7) is 0.539. The summed E-state index contributed by atoms with van der Waals surface area (Å²) in [5.74, 6) is 0. The van der Waals surface area contributed by atoms with Crippen molar-refractivity contribution >= 4 is 11.6 Å². The molecule has 0 radical (unpaired) electrons. The molecule has 0 heterocycles. The molecule has 1 nitrogen and oxygen atoms in total. The minimum Gasteiger partial charge on any atom is -0.312 e. The summed E-state index contributed by atoms with van der Waals surface area (Å²) in [6.07, 6.45) is 6.67. The Bertz CT molecular complexity index is 132. The van der Waals surface area contributed by atoms with Crippen LogP contribution in [-0.4, -0.2) is 24.6 Å². The van der Waals surface area contributed by atoms with Gasteiger partial charge >= 0.3 is 0 Å². The fourth-order valence-corrected chi connectivity index (χ4v) is 2.22. The highest BCUT2D eigenvalue weighted by Gasteiger charge is 2.20. The maximum absolute atomic E-state index is 11.9. The molecule has 78 valence electrons. The third kappa shape index (κ3) is 4.28. The highest BCUT2D eigenvalue weighted by Crippen LogP contribution is 2.22. The standard InChI is InChI=1S/C10H19ClFN/c11-9-5-2-1-3-6-10(9)13-8-4-7-12/h9-10,13H,1-8H2. The summed E-state index contributed by atoms with van der Waals surface area (Å²) >= 11 is 6.21. The van der Waals surface area contributed by atoms with Crippen LogP contribution in [0.5, 0.6) is 0 Å². The molecule has 0 amide bonds. The Kier molecular flexibility index (Phi) is 5.72. The van der Waals surface area contributed by atoms with Crippen molar-refractivity contribution in [2.45, 2.75) is 49.9 Å². The normalized spacial score (nSPS) is 30.0. The SMILES string of the molecule is FCCCNC1CCCCCC1Cl. The second-order valence-corrected chi connectivity index (χ2v) is 4.32. The third-order valence-electron chi connectivity index (χ3n) is 2.65. The van der Waals surface area contributed by atoms with E-state index < -0.39 is 0 Å². The lowest BCUT2D eigenvalue weighted by Crippen LogP contribution is -2.37. The molecular weight excluding hydrogens is 189 g/mol. The van der Waals surface area contributed by atoms with E-state index in [2.05, 4.69) is 5.32 Å². The molecule has 0 aliphatic heterocycles. The second kappa shape index (κ2) is 6.61. The van der Waals surface area contributed by atoms with E-state index in [0.29, 0.717) is 12.5 Å². The van der Waals surface area contributed by atoms with Crippen molar-refractivity contribution in [2.75, 3.05) is 13.2 Å². The van der Waals surface area contributed by atoms with Gasteiger partial charge in [0.05, 0.1) is 6.67 Å². The molecule has 0 saturated heterocycles. The molecule has 1 saturated carbocycles. The Labute approximate surface area is 85.0 Å². The van der Waals surface area contributed by atoms with Gasteiger partial charge in [-0.05, 0) is 25.8 Å². The summed E-state index contributed by atoms with van der Waals surface area (Å²) in [4.78, 5) is 0. The van der Waals surface area contributed by atoms with E-state index in [4.69, 9.17) is 11.6 Å². The minimum absolute atomic E-state index is 0.229. The molecule has 0 aromatic carbocycles. The Hall–Kier alpha value is 0.180. The molecule has 2 atom stereocenters. The Morgan fingerprint density at radius 1 is 1.23 bits per heavy atom. The highest BCUT2D eigenvalue weighted by molar-refractivity contribution is 6.21. The van der Waals surface area contributed by atoms with Crippen LogP contribution in [-0.2, 0) is 0 Å². The van der Waals surface area contributed by atoms with Crippen molar-refractivity contribution < 1.29 is 4.39 Å². The molecule has 0 spiro atoms. The average Bonchev–Trinajstić information content (AvgIpc) is 2.32. The van der Waals surface area contributed by atoms with E-state index in [1.807, 2.05) is 0 Å². The van der Waals surface area contributed by atoms with Crippen LogP contribution in [0, 0.1) is 0 Å². The van der Waals surface area contributed by atoms with Crippen LogP contribution in [0.15, 0.2) is 0 Å². The molecular formula is C10H19ClFN. The molecule has 2 unspecified atom stereocenters. The van der Waals surface area contributed by atoms with Crippen LogP contribution in [0.2, 0.25) is 0 Å². The fourth-order valence-electron chi connectivity index (χ4n) is 1.85. The minimum atomic E-state index is -0.229. The van der Waals surface area contributed by atoms with Gasteiger partial charge in [-0.25, -0.2) is 0 Å². The van der Waals surface area contributed by atoms with Crippen LogP contribution in [0.4, 0.5) is 4.39 Å². The average molecular weight is 208 g/mol. The first-order chi connectivity index (χ1) is 6.34. The van der Waals surface area contributed by atoms with Gasteiger partial charge in [0.2, 0.25) is 0 Å². The zero-order valence-electron chi connectivity index (χ0n) is 8.07. The van der Waals surface area contributed by atoms with Crippen molar-refractivity contribution in [2.24, 2.45) is 0 Å². The van der Waals surface area contributed by atoms with E-state index >= 15 is 0 Å². The first-order valence-corrected chi connectivity index (χ1v) is 5.71. The Morgan fingerprint density at radius 3 is 2.77 bits per heavy atom. The molecule has 3 heteroatoms. The topological polar surface area (TPSA) is 12.0 Å². The predicted octanol–water partition coefficient (Wildman–Crippen LogP) is 2.88. The van der Waals surface area contributed by atoms with Crippen molar-refractivity contribution in [3.63, 3.8) is 0 Å². The van der Waals surface area contributed by atoms with Crippen molar-refractivity contribution in [3.05, 3.63) is 0 Å². The van der Waals surface area contributed by atoms with E-state index in [0.717, 1.165) is 19.4 Å². The summed E-state index contributed by atoms with van der Waals surface area (Å²) in [7, 11) is 0. The van der Waals surface area contributed by atoms with Gasteiger partial charge in [-0.3, -0.25) is 4.39 Å². The van der Waals surface area contributed by atoms with Gasteiger partial charge in [-0.1, -0.05) is 19.3 Å². The number of nitrogens with one attached hydrogen (secondary N) is 1. The van der Waals surface area contributed by atoms with Crippen molar-refractivity contribution in [3.8, 4) is 0 Å². The van der Waals surface area contributed by atoms with Crippen LogP contribution >= 0.6 is 11.6 Å². The van der Waals surface area contributed by atoms with Gasteiger partial charge in [-0.15, -0.1) is 11.6 Å². The number of alkyl halides is 2. The largest absolute Gasteiger partial charge is 0.312 e. The molecule has 1 aliphatic rings. The predicted molar refractivity (Wildman–Crippen MR) is 55.1 cm³/mol. The van der Waals surface area contributed by atoms with Gasteiger partial charge in [0, 0.05) is 11.4 Å². The van der Waals surface area contributed by atoms with Crippen molar-refractivity contribution in [1.29, 1.82) is 0 Å². The molecule has 0 aromatic rings. The number of hydrogen-bond donors (Lipinski definition) is 1. The Balaban J connectivity index is 2.19. The third-order valence-corrected chi connectivity index (χ3v) is 3.17. The van der Waals surface area contributed by atoms with E-state index in [9.17, 15) is 4.39 Å². The van der Waals surface area contributed by atoms with E-state index in [1.165, 1.54) is 19.3 Å². The van der Waals surface area contributed by atoms with E-state index in [1.54, 1.807) is 0 Å². The molecule has 0 bridgehead atoms. The molecule has 1 fully saturated rings. The van der Waals surface area contributed by atoms with Crippen molar-refractivity contribution in [1.82, 2.24) is 5.32 Å². The maximum Gasteiger partial charge on any atom is 0.0906 e. The number of halogens is 2. The fraction of sp³-hybridized carbons (Fsp3) is 1.00. The zero-order valence-corrected chi connectivity index (χ0v) is 8.82. The van der Waals surface area contributed by atoms with E-state index in [-0.39, 0.29) is 12.1 Å². The lowest BCUT2D eigenvalue weighted by Gasteiger charge is -2.20. The monoisotopic (exact) mass is 207 g/mol. The van der Waals surface area contributed by atoms with Crippen LogP contribution in [0.25, 0.3) is 0 Å². The summed E-state index contributed by atoms with van der Waals surface area (Å²) in [5.41, 5.74) is 0. The second-order valence-electron chi connectivity index (χ2n) is 3.76. The first-order valence-electron chi connectivity index (χ1n) is 5.28. The molecule has 1 aliphatic carbocycles. The summed E-state index contributed by atoms with van der Waals surface area (Å²) in [5, 5.41) is 3.59. The maximum atomic E-state index is 11.9. The summed E-state index contributed by atoms with van der Waals surface area (Å²) in [6, 6.07) is 0.413. The highest BCUT2D eigenvalue weighted by atomic mass is 35.5. The number of hydrogen-bond acceptors (Lipinski definition) is 1. The van der Waals surface area contributed by atoms with Gasteiger partial charge in [-0.2, -0.15) is 0 Å². The van der Waals surface area contributed by atoms with Gasteiger partial charge in [0.15, 0.2) is 0 Å². The van der Waals surface area contributed by atoms with Gasteiger partial charge in [0.25, 0.3) is 0 Å².